The predicted octanol–water partition coefficient (Wildman–Crippen LogP) is 13.3. The van der Waals surface area contributed by atoms with Crippen LogP contribution in [0.25, 0.3) is 33.5 Å². The number of benzene rings is 6. The van der Waals surface area contributed by atoms with Crippen LogP contribution in [0.2, 0.25) is 5.02 Å². The monoisotopic (exact) mass is 1090 g/mol. The number of anilines is 4. The molecule has 78 heavy (non-hydrogen) atoms. The van der Waals surface area contributed by atoms with Crippen LogP contribution < -0.4 is 25.0 Å². The summed E-state index contributed by atoms with van der Waals surface area (Å²) < 4.78 is 45.1. The normalized spacial score (nSPS) is 13.7. The quantitative estimate of drug-likeness (QED) is 0.0612. The van der Waals surface area contributed by atoms with E-state index < -0.39 is 45.2 Å². The van der Waals surface area contributed by atoms with E-state index in [0.29, 0.717) is 39.8 Å². The number of Topliss-reactive ketones (excluding diaryl/α,β-unsaturated/α-hetero) is 1. The highest BCUT2D eigenvalue weighted by molar-refractivity contribution is 7.92. The number of fused-ring (bicyclic) bond motifs is 2. The lowest BCUT2D eigenvalue weighted by Gasteiger charge is -2.29. The van der Waals surface area contributed by atoms with Gasteiger partial charge >= 0.3 is 6.09 Å². The zero-order chi connectivity index (χ0) is 56.3. The molecule has 0 aliphatic heterocycles. The number of rotatable bonds is 16. The lowest BCUT2D eigenvalue weighted by molar-refractivity contribution is -0.140. The van der Waals surface area contributed by atoms with Crippen LogP contribution in [0.3, 0.4) is 0 Å². The lowest BCUT2D eigenvalue weighted by Crippen LogP contribution is -2.45. The van der Waals surface area contributed by atoms with E-state index >= 15 is 0 Å². The van der Waals surface area contributed by atoms with Gasteiger partial charge in [0.05, 0.1) is 28.3 Å². The number of sulfonamides is 1. The van der Waals surface area contributed by atoms with E-state index in [4.69, 9.17) is 25.5 Å². The van der Waals surface area contributed by atoms with Crippen LogP contribution in [-0.4, -0.2) is 55.5 Å². The minimum absolute atomic E-state index is 0.0149. The Morgan fingerprint density at radius 1 is 0.859 bits per heavy atom. The number of aryl methyl sites for hydroxylation is 1. The Labute approximate surface area is 460 Å². The van der Waals surface area contributed by atoms with E-state index in [1.165, 1.54) is 13.0 Å². The third kappa shape index (κ3) is 13.4. The molecule has 1 fully saturated rings. The van der Waals surface area contributed by atoms with Crippen LogP contribution in [0.1, 0.15) is 113 Å². The average Bonchev–Trinajstić information content (AvgIpc) is 4.16. The first kappa shape index (κ1) is 56.2. The fourth-order valence-corrected chi connectivity index (χ4v) is 10.2. The second kappa shape index (κ2) is 22.9. The molecule has 1 heterocycles. The molecule has 6 aromatic carbocycles. The number of hydrogen-bond donors (Lipinski definition) is 3. The minimum atomic E-state index is -3.53. The number of nitriles is 1. The van der Waals surface area contributed by atoms with Crippen LogP contribution in [0.5, 0.6) is 5.75 Å². The molecule has 15 nitrogen and oxygen atoms in total. The first-order valence-corrected chi connectivity index (χ1v) is 27.9. The highest BCUT2D eigenvalue weighted by Crippen LogP contribution is 2.36. The van der Waals surface area contributed by atoms with Crippen LogP contribution in [0.15, 0.2) is 114 Å². The Balaban J connectivity index is 0.998. The van der Waals surface area contributed by atoms with Crippen molar-refractivity contribution >= 4 is 102 Å². The van der Waals surface area contributed by atoms with Crippen molar-refractivity contribution in [1.82, 2.24) is 4.98 Å². The number of allylic oxidation sites excluding steroid dienone is 1. The van der Waals surface area contributed by atoms with Gasteiger partial charge in [-0.1, -0.05) is 121 Å². The van der Waals surface area contributed by atoms with Crippen LogP contribution in [-0.2, 0) is 47.6 Å². The maximum Gasteiger partial charge on any atom is 0.414 e. The molecule has 1 atom stereocenters. The summed E-state index contributed by atoms with van der Waals surface area (Å²) in [6.07, 6.45) is 4.38. The largest absolute Gasteiger partial charge is 0.470 e. The van der Waals surface area contributed by atoms with E-state index in [1.807, 2.05) is 79.7 Å². The molecule has 3 amide bonds. The third-order valence-corrected chi connectivity index (χ3v) is 14.4. The second-order valence-corrected chi connectivity index (χ2v) is 24.0. The summed E-state index contributed by atoms with van der Waals surface area (Å²) in [5, 5.41) is 17.5. The van der Waals surface area contributed by atoms with Crippen molar-refractivity contribution < 1.29 is 41.5 Å². The topological polar surface area (TPSA) is 210 Å². The van der Waals surface area contributed by atoms with Gasteiger partial charge in [0.25, 0.3) is 5.91 Å². The van der Waals surface area contributed by atoms with Crippen molar-refractivity contribution in [2.45, 2.75) is 112 Å². The molecule has 0 saturated heterocycles. The SMILES string of the molecule is CC(=O)Nc1cc(COC(=O)N(c2ccc(/C=C(\C#N)c3nc4cc(C(C)(C)C)ccc4o3)c(C)c2)C2CCCC2)ccc1OC(C(=O)Nc1cc(Cc2ccc(NS(C)(=O)=O)c3ccccc23)ccc1Cl)C(=O)C(C)(C)C. The molecule has 0 radical (unpaired) electrons. The number of nitrogens with zero attached hydrogens (tertiary/aromatic N) is 3. The number of carbonyl (C=O) groups is 4. The number of ketones is 1. The van der Waals surface area contributed by atoms with Gasteiger partial charge in [-0.25, -0.2) is 18.2 Å². The van der Waals surface area contributed by atoms with Crippen molar-refractivity contribution in [2.75, 3.05) is 26.5 Å². The van der Waals surface area contributed by atoms with Crippen molar-refractivity contribution in [3.63, 3.8) is 0 Å². The number of amides is 3. The Kier molecular flexibility index (Phi) is 16.5. The molecule has 1 unspecified atom stereocenters. The molecule has 3 N–H and O–H groups in total. The third-order valence-electron chi connectivity index (χ3n) is 13.5. The molecule has 0 bridgehead atoms. The van der Waals surface area contributed by atoms with E-state index in [0.717, 1.165) is 65.1 Å². The molecule has 8 rings (SSSR count). The zero-order valence-corrected chi connectivity index (χ0v) is 46.7. The summed E-state index contributed by atoms with van der Waals surface area (Å²) in [4.78, 5) is 61.6. The van der Waals surface area contributed by atoms with Crippen LogP contribution in [0.4, 0.5) is 27.5 Å². The van der Waals surface area contributed by atoms with Gasteiger partial charge in [-0.05, 0) is 131 Å². The summed E-state index contributed by atoms with van der Waals surface area (Å²) in [5.41, 5.74) is 6.59. The number of oxazole rings is 1. The minimum Gasteiger partial charge on any atom is -0.470 e. The summed E-state index contributed by atoms with van der Waals surface area (Å²) in [5.74, 6) is -1.59. The molecule has 1 aromatic heterocycles. The van der Waals surface area contributed by atoms with Crippen LogP contribution >= 0.6 is 11.6 Å². The molecule has 1 saturated carbocycles. The standard InChI is InChI=1S/C61H63ClN6O9S/c1-36-28-45(23-20-40(36)32-42(34-63)58-66-52-33-43(60(3,4)5)22-27-54(52)77-58)68(44-14-10-11-15-44)59(72)75-35-39-19-26-53(51(31-39)64-37(2)69)76-55(56(70)61(6,7)8)57(71)65-50-30-38(18-24-48(50)62)29-41-21-25-49(67-78(9,73)74)47-17-13-12-16-46(41)47/h12-13,16-28,30-33,44,55,67H,10-11,14-15,29,35H2,1-9H3,(H,64,69)(H,65,71)/b42-32+. The maximum atomic E-state index is 14.3. The zero-order valence-electron chi connectivity index (χ0n) is 45.2. The molecule has 1 aliphatic carbocycles. The van der Waals surface area contributed by atoms with Gasteiger partial charge < -0.3 is 24.5 Å². The molecule has 7 aromatic rings. The fourth-order valence-electron chi connectivity index (χ4n) is 9.42. The molecule has 17 heteroatoms. The van der Waals surface area contributed by atoms with Gasteiger partial charge in [-0.2, -0.15) is 5.26 Å². The number of ether oxygens (including phenoxy) is 2. The average molecular weight is 1090 g/mol. The summed E-state index contributed by atoms with van der Waals surface area (Å²) in [6.45, 7) is 14.4. The van der Waals surface area contributed by atoms with Gasteiger partial charge in [-0.3, -0.25) is 24.0 Å². The molecule has 1 aliphatic rings. The Morgan fingerprint density at radius 2 is 1.56 bits per heavy atom. The Bertz CT molecular complexity index is 3670. The van der Waals surface area contributed by atoms with Gasteiger partial charge in [-0.15, -0.1) is 0 Å². The fraction of sp³-hybridized carbons (Fsp3) is 0.311. The number of aromatic nitrogens is 1. The number of halogens is 1. The highest BCUT2D eigenvalue weighted by Gasteiger charge is 2.38. The first-order chi connectivity index (χ1) is 36.8. The van der Waals surface area contributed by atoms with E-state index in [-0.39, 0.29) is 51.7 Å². The van der Waals surface area contributed by atoms with Gasteiger partial charge in [0.15, 0.2) is 11.4 Å². The molecule has 0 spiro atoms. The highest BCUT2D eigenvalue weighted by atomic mass is 35.5. The lowest BCUT2D eigenvalue weighted by atomic mass is 9.87. The summed E-state index contributed by atoms with van der Waals surface area (Å²) in [7, 11) is -3.53. The second-order valence-electron chi connectivity index (χ2n) is 21.8. The van der Waals surface area contributed by atoms with Crippen molar-refractivity contribution in [2.24, 2.45) is 5.41 Å². The number of hydrogen-bond acceptors (Lipinski definition) is 11. The van der Waals surface area contributed by atoms with Gasteiger partial charge in [0.2, 0.25) is 27.9 Å². The van der Waals surface area contributed by atoms with Crippen molar-refractivity contribution in [1.29, 1.82) is 5.26 Å². The van der Waals surface area contributed by atoms with Gasteiger partial charge in [0, 0.05) is 29.5 Å². The molecular weight excluding hydrogens is 1030 g/mol. The number of carbonyl (C=O) groups excluding carboxylic acids is 4. The van der Waals surface area contributed by atoms with E-state index in [1.54, 1.807) is 62.1 Å². The first-order valence-electron chi connectivity index (χ1n) is 25.6. The smallest absolute Gasteiger partial charge is 0.414 e. The van der Waals surface area contributed by atoms with Crippen LogP contribution in [0, 0.1) is 23.7 Å². The van der Waals surface area contributed by atoms with E-state index in [9.17, 15) is 32.9 Å². The van der Waals surface area contributed by atoms with Gasteiger partial charge in [0.1, 0.15) is 29.5 Å². The van der Waals surface area contributed by atoms with E-state index in [2.05, 4.69) is 47.2 Å². The summed E-state index contributed by atoms with van der Waals surface area (Å²) >= 11 is 6.67. The van der Waals surface area contributed by atoms with Crippen molar-refractivity contribution in [3.8, 4) is 11.8 Å². The summed E-state index contributed by atoms with van der Waals surface area (Å²) in [6, 6.07) is 34.3. The maximum absolute atomic E-state index is 14.3. The van der Waals surface area contributed by atoms with Crippen molar-refractivity contribution in [3.05, 3.63) is 153 Å². The number of nitrogens with one attached hydrogen (secondary N) is 3. The Hall–Kier alpha value is -8.00. The Morgan fingerprint density at radius 3 is 2.23 bits per heavy atom. The predicted molar refractivity (Wildman–Crippen MR) is 307 cm³/mol. The molecule has 404 valence electrons. The molecular formula is C61H63ClN6O9S.